The molecular weight excluding hydrogens is 412 g/mol. The van der Waals surface area contributed by atoms with Gasteiger partial charge >= 0.3 is 23.9 Å². The van der Waals surface area contributed by atoms with Crippen molar-refractivity contribution in [3.8, 4) is 0 Å². The molecule has 0 saturated carbocycles. The minimum atomic E-state index is -1.87. The highest BCUT2D eigenvalue weighted by atomic mass is 16.4. The Morgan fingerprint density at radius 1 is 0.733 bits per heavy atom. The number of carbonyl (C=O) groups is 7. The Balaban J connectivity index is 4.89. The van der Waals surface area contributed by atoms with E-state index in [1.807, 2.05) is 10.6 Å². The van der Waals surface area contributed by atoms with Crippen LogP contribution < -0.4 is 21.7 Å². The molecule has 0 rings (SSSR count). The minimum absolute atomic E-state index is 0.201. The van der Waals surface area contributed by atoms with Gasteiger partial charge in [0.15, 0.2) is 0 Å². The lowest BCUT2D eigenvalue weighted by molar-refractivity contribution is -0.148. The van der Waals surface area contributed by atoms with Crippen LogP contribution >= 0.6 is 0 Å². The number of carboxylic acid groups (broad SMARTS) is 4. The molecule has 3 unspecified atom stereocenters. The Labute approximate surface area is 168 Å². The first-order valence-corrected chi connectivity index (χ1v) is 8.34. The van der Waals surface area contributed by atoms with Crippen LogP contribution in [0.15, 0.2) is 0 Å². The van der Waals surface area contributed by atoms with Crippen LogP contribution in [0, 0.1) is 0 Å². The minimum Gasteiger partial charge on any atom is -0.481 e. The summed E-state index contributed by atoms with van der Waals surface area (Å²) in [4.78, 5) is 78.6. The molecule has 0 radical (unpaired) electrons. The summed E-state index contributed by atoms with van der Waals surface area (Å²) in [6.07, 6.45) is -2.53. The van der Waals surface area contributed by atoms with E-state index in [0.29, 0.717) is 0 Å². The third-order valence-corrected chi connectivity index (χ3v) is 3.45. The van der Waals surface area contributed by atoms with Crippen LogP contribution in [-0.4, -0.2) is 86.7 Å². The number of aliphatic carboxylic acids is 4. The van der Waals surface area contributed by atoms with Gasteiger partial charge in [-0.05, 0) is 6.42 Å². The third kappa shape index (κ3) is 11.2. The van der Waals surface area contributed by atoms with E-state index in [9.17, 15) is 33.6 Å². The van der Waals surface area contributed by atoms with E-state index < -0.39 is 79.1 Å². The number of carbonyl (C=O) groups excluding carboxylic acids is 3. The first-order chi connectivity index (χ1) is 13.8. The average molecular weight is 434 g/mol. The molecule has 30 heavy (non-hydrogen) atoms. The van der Waals surface area contributed by atoms with E-state index in [1.165, 1.54) is 0 Å². The fourth-order valence-electron chi connectivity index (χ4n) is 1.98. The summed E-state index contributed by atoms with van der Waals surface area (Å²) in [5, 5.41) is 40.8. The molecule has 0 aliphatic carbocycles. The van der Waals surface area contributed by atoms with E-state index in [-0.39, 0.29) is 12.8 Å². The highest BCUT2D eigenvalue weighted by Crippen LogP contribution is 1.99. The van der Waals surface area contributed by atoms with Gasteiger partial charge in [-0.3, -0.25) is 28.8 Å². The molecule has 15 heteroatoms. The van der Waals surface area contributed by atoms with Crippen molar-refractivity contribution in [2.45, 2.75) is 43.8 Å². The summed E-state index contributed by atoms with van der Waals surface area (Å²) >= 11 is 0. The Kier molecular flexibility index (Phi) is 11.1. The molecule has 0 saturated heterocycles. The summed E-state index contributed by atoms with van der Waals surface area (Å²) in [6, 6.07) is -4.85. The normalized spacial score (nSPS) is 13.2. The maximum Gasteiger partial charge on any atom is 0.326 e. The van der Waals surface area contributed by atoms with E-state index in [1.54, 1.807) is 0 Å². The molecule has 0 spiro atoms. The van der Waals surface area contributed by atoms with Crippen LogP contribution in [0.1, 0.15) is 25.7 Å². The fraction of sp³-hybridized carbons (Fsp3) is 0.533. The number of rotatable bonds is 14. The van der Waals surface area contributed by atoms with Crippen molar-refractivity contribution in [1.82, 2.24) is 16.0 Å². The van der Waals surface area contributed by atoms with Gasteiger partial charge in [0.05, 0.1) is 25.4 Å². The lowest BCUT2D eigenvalue weighted by Gasteiger charge is -2.20. The molecule has 0 fully saturated rings. The number of carboxylic acids is 4. The van der Waals surface area contributed by atoms with Gasteiger partial charge in [-0.1, -0.05) is 0 Å². The molecule has 168 valence electrons. The van der Waals surface area contributed by atoms with Gasteiger partial charge in [0.1, 0.15) is 12.1 Å². The molecule has 3 amide bonds. The molecule has 0 aromatic rings. The molecule has 9 N–H and O–H groups in total. The van der Waals surface area contributed by atoms with Crippen LogP contribution in [0.25, 0.3) is 0 Å². The van der Waals surface area contributed by atoms with E-state index in [0.717, 1.165) is 0 Å². The zero-order valence-corrected chi connectivity index (χ0v) is 15.5. The second kappa shape index (κ2) is 12.7. The average Bonchev–Trinajstić information content (AvgIpc) is 2.61. The Bertz CT molecular complexity index is 709. The van der Waals surface area contributed by atoms with Gasteiger partial charge in [0.25, 0.3) is 0 Å². The largest absolute Gasteiger partial charge is 0.481 e. The highest BCUT2D eigenvalue weighted by Gasteiger charge is 2.29. The maximum atomic E-state index is 12.1. The molecular formula is C15H22N4O11. The quantitative estimate of drug-likeness (QED) is 0.131. The number of hydrogen-bond acceptors (Lipinski definition) is 8. The number of nitrogens with one attached hydrogen (secondary N) is 3. The van der Waals surface area contributed by atoms with Crippen LogP contribution in [0.5, 0.6) is 0 Å². The predicted octanol–water partition coefficient (Wildman–Crippen LogP) is -3.70. The second-order valence-corrected chi connectivity index (χ2v) is 5.97. The zero-order chi connectivity index (χ0) is 23.4. The lowest BCUT2D eigenvalue weighted by atomic mass is 10.1. The molecule has 15 nitrogen and oxygen atoms in total. The van der Waals surface area contributed by atoms with Crippen molar-refractivity contribution in [2.24, 2.45) is 5.73 Å². The van der Waals surface area contributed by atoms with Crippen LogP contribution in [0.3, 0.4) is 0 Å². The van der Waals surface area contributed by atoms with E-state index in [4.69, 9.17) is 26.2 Å². The summed E-state index contributed by atoms with van der Waals surface area (Å²) < 4.78 is 0. The standard InChI is InChI=1S/C15H22N4O11/c16-6(1-2-10(21)22)13(27)17-5-9(20)18-7(3-11(23)24)14(28)19-8(15(29)30)4-12(25)26/h6-8H,1-5,16H2,(H,17,27)(H,18,20)(H,19,28)(H,21,22)(H,23,24)(H,25,26)(H,29,30). The Morgan fingerprint density at radius 2 is 1.27 bits per heavy atom. The van der Waals surface area contributed by atoms with Gasteiger partial charge in [-0.15, -0.1) is 0 Å². The maximum absolute atomic E-state index is 12.1. The number of nitrogens with two attached hydrogens (primary N) is 1. The third-order valence-electron chi connectivity index (χ3n) is 3.45. The molecule has 0 aliphatic rings. The van der Waals surface area contributed by atoms with Crippen molar-refractivity contribution < 1.29 is 54.0 Å². The van der Waals surface area contributed by atoms with Crippen molar-refractivity contribution in [3.63, 3.8) is 0 Å². The molecule has 0 heterocycles. The smallest absolute Gasteiger partial charge is 0.326 e. The Morgan fingerprint density at radius 3 is 1.73 bits per heavy atom. The van der Waals surface area contributed by atoms with Gasteiger partial charge in [-0.2, -0.15) is 0 Å². The van der Waals surface area contributed by atoms with Gasteiger partial charge in [-0.25, -0.2) is 4.79 Å². The fourth-order valence-corrected chi connectivity index (χ4v) is 1.98. The summed E-state index contributed by atoms with van der Waals surface area (Å²) in [6.45, 7) is -0.736. The molecule has 3 atom stereocenters. The molecule has 0 aromatic heterocycles. The van der Waals surface area contributed by atoms with Crippen molar-refractivity contribution in [2.75, 3.05) is 6.54 Å². The second-order valence-electron chi connectivity index (χ2n) is 5.97. The van der Waals surface area contributed by atoms with Gasteiger partial charge in [0.2, 0.25) is 17.7 Å². The topological polar surface area (TPSA) is 263 Å². The van der Waals surface area contributed by atoms with E-state index in [2.05, 4.69) is 5.32 Å². The summed E-state index contributed by atoms with van der Waals surface area (Å²) in [5.74, 6) is -9.08. The first-order valence-electron chi connectivity index (χ1n) is 8.34. The SMILES string of the molecule is NC(CCC(=O)O)C(=O)NCC(=O)NC(CC(=O)O)C(=O)NC(CC(=O)O)C(=O)O. The molecule has 0 bridgehead atoms. The number of hydrogen-bond donors (Lipinski definition) is 8. The van der Waals surface area contributed by atoms with E-state index >= 15 is 0 Å². The molecule has 0 aliphatic heterocycles. The lowest BCUT2D eigenvalue weighted by Crippen LogP contribution is -2.54. The van der Waals surface area contributed by atoms with Crippen LogP contribution in [-0.2, 0) is 33.6 Å². The van der Waals surface area contributed by atoms with Crippen LogP contribution in [0.4, 0.5) is 0 Å². The monoisotopic (exact) mass is 434 g/mol. The van der Waals surface area contributed by atoms with Crippen molar-refractivity contribution >= 4 is 41.6 Å². The van der Waals surface area contributed by atoms with Gasteiger partial charge in [0, 0.05) is 6.42 Å². The first kappa shape index (κ1) is 26.2. The van der Waals surface area contributed by atoms with Crippen molar-refractivity contribution in [3.05, 3.63) is 0 Å². The van der Waals surface area contributed by atoms with Crippen molar-refractivity contribution in [1.29, 1.82) is 0 Å². The summed E-state index contributed by atoms with van der Waals surface area (Å²) in [5.41, 5.74) is 5.44. The zero-order valence-electron chi connectivity index (χ0n) is 15.5. The highest BCUT2D eigenvalue weighted by molar-refractivity contribution is 5.95. The molecule has 0 aromatic carbocycles. The van der Waals surface area contributed by atoms with Gasteiger partial charge < -0.3 is 42.1 Å². The number of amides is 3. The Hall–Kier alpha value is -3.75. The predicted molar refractivity (Wildman–Crippen MR) is 93.9 cm³/mol. The summed E-state index contributed by atoms with van der Waals surface area (Å²) in [7, 11) is 0. The van der Waals surface area contributed by atoms with Crippen LogP contribution in [0.2, 0.25) is 0 Å².